The second kappa shape index (κ2) is 5.35. The monoisotopic (exact) mass is 345 g/mol. The molecule has 0 amide bonds. The van der Waals surface area contributed by atoms with Crippen LogP contribution < -0.4 is 24.0 Å². The molecule has 1 aromatic carbocycles. The van der Waals surface area contributed by atoms with Crippen LogP contribution >= 0.6 is 0 Å². The Morgan fingerprint density at radius 1 is 1.12 bits per heavy atom. The number of rotatable bonds is 2. The summed E-state index contributed by atoms with van der Waals surface area (Å²) >= 11 is 0. The third-order valence-corrected chi connectivity index (χ3v) is 1.91. The number of hydrogen-bond donors (Lipinski definition) is 0. The van der Waals surface area contributed by atoms with Crippen LogP contribution in [-0.2, 0) is 12.7 Å². The van der Waals surface area contributed by atoms with E-state index in [4.69, 9.17) is 0 Å². The van der Waals surface area contributed by atoms with Crippen molar-refractivity contribution >= 4 is 0 Å². The molecule has 5 heteroatoms. The third-order valence-electron chi connectivity index (χ3n) is 1.91. The lowest BCUT2D eigenvalue weighted by atomic mass is 10.1. The highest BCUT2D eigenvalue weighted by molar-refractivity contribution is 5.25. The minimum atomic E-state index is -4.25. The molecule has 0 saturated carbocycles. The average Bonchev–Trinajstić information content (AvgIpc) is 1.99. The van der Waals surface area contributed by atoms with E-state index in [1.165, 1.54) is 12.1 Å². The zero-order chi connectivity index (χ0) is 11.7. The molecule has 0 fully saturated rings. The van der Waals surface area contributed by atoms with Crippen LogP contribution in [0, 0.1) is 0 Å². The molecule has 0 radical (unpaired) electrons. The first-order valence-electron chi connectivity index (χ1n) is 4.65. The maximum Gasteiger partial charge on any atom is 0.416 e. The first kappa shape index (κ1) is 15.7. The molecule has 0 aliphatic heterocycles. The molecule has 0 N–H and O–H groups in total. The van der Waals surface area contributed by atoms with Crippen LogP contribution in [0.3, 0.4) is 0 Å². The number of hydrogen-bond acceptors (Lipinski definition) is 0. The highest BCUT2D eigenvalue weighted by Gasteiger charge is 2.30. The fourth-order valence-corrected chi connectivity index (χ4v) is 1.39. The summed E-state index contributed by atoms with van der Waals surface area (Å²) in [6.07, 6.45) is -4.25. The molecule has 1 aromatic rings. The second-order valence-electron chi connectivity index (χ2n) is 4.65. The van der Waals surface area contributed by atoms with Gasteiger partial charge in [0.05, 0.1) is 26.7 Å². The van der Waals surface area contributed by atoms with E-state index in [9.17, 15) is 13.2 Å². The molecule has 0 bridgehead atoms. The van der Waals surface area contributed by atoms with E-state index >= 15 is 0 Å². The SMILES string of the molecule is C[N+](C)(C)Cc1cccc(C(F)(F)F)c1.[I-]. The topological polar surface area (TPSA) is 0 Å². The first-order valence-corrected chi connectivity index (χ1v) is 4.65. The zero-order valence-corrected chi connectivity index (χ0v) is 11.6. The van der Waals surface area contributed by atoms with Gasteiger partial charge in [-0.1, -0.05) is 12.1 Å². The Morgan fingerprint density at radius 2 is 1.69 bits per heavy atom. The van der Waals surface area contributed by atoms with E-state index in [-0.39, 0.29) is 24.0 Å². The molecule has 0 saturated heterocycles. The molecule has 0 unspecified atom stereocenters. The van der Waals surface area contributed by atoms with Crippen LogP contribution in [0.5, 0.6) is 0 Å². The van der Waals surface area contributed by atoms with E-state index in [2.05, 4.69) is 0 Å². The summed E-state index contributed by atoms with van der Waals surface area (Å²) in [5.74, 6) is 0. The van der Waals surface area contributed by atoms with Gasteiger partial charge in [0.1, 0.15) is 6.54 Å². The summed E-state index contributed by atoms with van der Waals surface area (Å²) in [6, 6.07) is 5.48. The Morgan fingerprint density at radius 3 is 2.12 bits per heavy atom. The van der Waals surface area contributed by atoms with E-state index in [1.807, 2.05) is 21.1 Å². The van der Waals surface area contributed by atoms with Gasteiger partial charge in [0, 0.05) is 5.56 Å². The van der Waals surface area contributed by atoms with Gasteiger partial charge in [-0.3, -0.25) is 0 Å². The van der Waals surface area contributed by atoms with Gasteiger partial charge in [0.2, 0.25) is 0 Å². The van der Waals surface area contributed by atoms with Crippen LogP contribution in [0.1, 0.15) is 11.1 Å². The van der Waals surface area contributed by atoms with Crippen molar-refractivity contribution in [3.8, 4) is 0 Å². The molecular formula is C11H15F3IN. The van der Waals surface area contributed by atoms with Crippen molar-refractivity contribution < 1.29 is 41.6 Å². The van der Waals surface area contributed by atoms with Gasteiger partial charge in [0.25, 0.3) is 0 Å². The van der Waals surface area contributed by atoms with Crippen LogP contribution in [0.25, 0.3) is 0 Å². The Kier molecular flexibility index (Phi) is 5.25. The van der Waals surface area contributed by atoms with Crippen molar-refractivity contribution in [3.05, 3.63) is 35.4 Å². The van der Waals surface area contributed by atoms with Gasteiger partial charge in [0.15, 0.2) is 0 Å². The summed E-state index contributed by atoms with van der Waals surface area (Å²) < 4.78 is 37.8. The van der Waals surface area contributed by atoms with Gasteiger partial charge < -0.3 is 28.5 Å². The largest absolute Gasteiger partial charge is 1.00 e. The lowest BCUT2D eigenvalue weighted by Gasteiger charge is -2.24. The van der Waals surface area contributed by atoms with Crippen molar-refractivity contribution in [2.45, 2.75) is 12.7 Å². The van der Waals surface area contributed by atoms with Crippen LogP contribution in [0.4, 0.5) is 13.2 Å². The number of alkyl halides is 3. The van der Waals surface area contributed by atoms with E-state index in [1.54, 1.807) is 6.07 Å². The predicted molar refractivity (Wildman–Crippen MR) is 53.2 cm³/mol. The highest BCUT2D eigenvalue weighted by atomic mass is 127. The Balaban J connectivity index is 0.00000225. The summed E-state index contributed by atoms with van der Waals surface area (Å²) in [7, 11) is 5.83. The highest BCUT2D eigenvalue weighted by Crippen LogP contribution is 2.29. The van der Waals surface area contributed by atoms with Crippen molar-refractivity contribution in [2.24, 2.45) is 0 Å². The molecule has 0 atom stereocenters. The molecular weight excluding hydrogens is 330 g/mol. The maximum atomic E-state index is 12.4. The van der Waals surface area contributed by atoms with Gasteiger partial charge in [-0.15, -0.1) is 0 Å². The van der Waals surface area contributed by atoms with Crippen LogP contribution in [0.15, 0.2) is 24.3 Å². The smallest absolute Gasteiger partial charge is 0.416 e. The van der Waals surface area contributed by atoms with Crippen molar-refractivity contribution in [1.82, 2.24) is 0 Å². The molecule has 16 heavy (non-hydrogen) atoms. The number of benzene rings is 1. The number of quaternary nitrogens is 1. The fraction of sp³-hybridized carbons (Fsp3) is 0.455. The first-order chi connectivity index (χ1) is 6.68. The van der Waals surface area contributed by atoms with Crippen molar-refractivity contribution in [1.29, 1.82) is 0 Å². The summed E-state index contributed by atoms with van der Waals surface area (Å²) in [5.41, 5.74) is 0.130. The van der Waals surface area contributed by atoms with E-state index in [0.29, 0.717) is 16.6 Å². The van der Waals surface area contributed by atoms with Gasteiger partial charge in [-0.2, -0.15) is 13.2 Å². The molecule has 92 valence electrons. The lowest BCUT2D eigenvalue weighted by Crippen LogP contribution is -3.00. The standard InChI is InChI=1S/C11H15F3N.HI/c1-15(2,3)8-9-5-4-6-10(7-9)11(12,13)14;/h4-7H,8H2,1-3H3;1H/q+1;/p-1. The maximum absolute atomic E-state index is 12.4. The minimum Gasteiger partial charge on any atom is -1.00 e. The molecule has 0 aliphatic carbocycles. The van der Waals surface area contributed by atoms with Crippen molar-refractivity contribution in [3.63, 3.8) is 0 Å². The number of nitrogens with zero attached hydrogens (tertiary/aromatic N) is 1. The molecule has 1 nitrogen and oxygen atoms in total. The molecule has 0 aliphatic rings. The second-order valence-corrected chi connectivity index (χ2v) is 4.65. The van der Waals surface area contributed by atoms with Crippen LogP contribution in [-0.4, -0.2) is 25.6 Å². The van der Waals surface area contributed by atoms with E-state index < -0.39 is 11.7 Å². The molecule has 0 spiro atoms. The third kappa shape index (κ3) is 5.16. The quantitative estimate of drug-likeness (QED) is 0.520. The molecule has 1 rings (SSSR count). The number of halogens is 4. The molecule has 0 heterocycles. The van der Waals surface area contributed by atoms with Crippen LogP contribution in [0.2, 0.25) is 0 Å². The zero-order valence-electron chi connectivity index (χ0n) is 9.48. The van der Waals surface area contributed by atoms with Gasteiger partial charge in [-0.25, -0.2) is 0 Å². The predicted octanol–water partition coefficient (Wildman–Crippen LogP) is -0.0844. The average molecular weight is 345 g/mol. The summed E-state index contributed by atoms with van der Waals surface area (Å²) in [5, 5.41) is 0. The Bertz CT molecular complexity index is 342. The lowest BCUT2D eigenvalue weighted by molar-refractivity contribution is -0.884. The fourth-order valence-electron chi connectivity index (χ4n) is 1.39. The Hall–Kier alpha value is -0.300. The summed E-state index contributed by atoms with van der Waals surface area (Å²) in [4.78, 5) is 0. The van der Waals surface area contributed by atoms with E-state index in [0.717, 1.165) is 6.07 Å². The Labute approximate surface area is 111 Å². The minimum absolute atomic E-state index is 0. The summed E-state index contributed by atoms with van der Waals surface area (Å²) in [6.45, 7) is 0.587. The van der Waals surface area contributed by atoms with Gasteiger partial charge in [-0.05, 0) is 12.1 Å². The van der Waals surface area contributed by atoms with Gasteiger partial charge >= 0.3 is 6.18 Å². The normalized spacial score (nSPS) is 12.1. The molecule has 0 aromatic heterocycles. The van der Waals surface area contributed by atoms with Crippen molar-refractivity contribution in [2.75, 3.05) is 21.1 Å².